The summed E-state index contributed by atoms with van der Waals surface area (Å²) in [5.41, 5.74) is 3.06. The molecule has 4 heteroatoms. The van der Waals surface area contributed by atoms with Crippen molar-refractivity contribution >= 4 is 12.2 Å². The van der Waals surface area contributed by atoms with Crippen LogP contribution in [0.25, 0.3) is 0 Å². The van der Waals surface area contributed by atoms with Crippen molar-refractivity contribution in [3.05, 3.63) is 11.1 Å². The summed E-state index contributed by atoms with van der Waals surface area (Å²) in [5.74, 6) is 0. The molecule has 0 radical (unpaired) electrons. The molecule has 0 aromatic carbocycles. The zero-order chi connectivity index (χ0) is 12.7. The molecule has 86 valence electrons. The summed E-state index contributed by atoms with van der Waals surface area (Å²) in [6.07, 6.45) is 5.44. The quantitative estimate of drug-likeness (QED) is 0.427. The first-order valence-electron chi connectivity index (χ1n) is 4.72. The number of carbonyl (C=O) groups excluding carboxylic acids is 2. The van der Waals surface area contributed by atoms with Gasteiger partial charge in [0.15, 0.2) is 0 Å². The minimum Gasteiger partial charge on any atom is -0.222 e. The summed E-state index contributed by atoms with van der Waals surface area (Å²) in [6.45, 7) is 8.83. The second-order valence-corrected chi connectivity index (χ2v) is 3.09. The van der Waals surface area contributed by atoms with E-state index in [1.807, 2.05) is 0 Å². The molecule has 0 heterocycles. The summed E-state index contributed by atoms with van der Waals surface area (Å²) < 4.78 is 0. The maximum absolute atomic E-state index is 8.35. The molecule has 15 heavy (non-hydrogen) atoms. The van der Waals surface area contributed by atoms with Crippen molar-refractivity contribution in [3.63, 3.8) is 0 Å². The highest BCUT2D eigenvalue weighted by Gasteiger charge is 1.89. The molecule has 0 atom stereocenters. The first-order chi connectivity index (χ1) is 7.01. The molecule has 0 bridgehead atoms. The molecule has 0 saturated carbocycles. The van der Waals surface area contributed by atoms with E-state index in [1.54, 1.807) is 5.57 Å². The highest BCUT2D eigenvalue weighted by molar-refractivity contribution is 5.26. The Morgan fingerprint density at radius 1 is 1.07 bits per heavy atom. The molecule has 0 fully saturated rings. The topological polar surface area (TPSA) is 81.8 Å². The van der Waals surface area contributed by atoms with Crippen molar-refractivity contribution in [1.82, 2.24) is 0 Å². The third-order valence-corrected chi connectivity index (χ3v) is 1.76. The third-order valence-electron chi connectivity index (χ3n) is 1.76. The number of allylic oxidation sites excluding steroid dienone is 2. The molecule has 0 spiro atoms. The summed E-state index contributed by atoms with van der Waals surface area (Å²) >= 11 is 0. The van der Waals surface area contributed by atoms with Gasteiger partial charge in [0.2, 0.25) is 12.2 Å². The average Bonchev–Trinajstić information content (AvgIpc) is 2.16. The zero-order valence-electron chi connectivity index (χ0n) is 9.94. The van der Waals surface area contributed by atoms with E-state index in [-0.39, 0.29) is 0 Å². The van der Waals surface area contributed by atoms with Crippen molar-refractivity contribution in [2.75, 3.05) is 0 Å². The lowest BCUT2D eigenvalue weighted by molar-refractivity contribution is 0.562. The highest BCUT2D eigenvalue weighted by atomic mass is 16.1. The Balaban J connectivity index is -0.000000200. The van der Waals surface area contributed by atoms with Crippen LogP contribution in [0.2, 0.25) is 0 Å². The van der Waals surface area contributed by atoms with Gasteiger partial charge in [-0.05, 0) is 33.6 Å². The zero-order valence-corrected chi connectivity index (χ0v) is 9.94. The van der Waals surface area contributed by atoms with Gasteiger partial charge in [-0.1, -0.05) is 24.5 Å². The lowest BCUT2D eigenvalue weighted by Gasteiger charge is -2.00. The van der Waals surface area contributed by atoms with Crippen LogP contribution in [0.15, 0.2) is 11.1 Å². The van der Waals surface area contributed by atoms with Crippen molar-refractivity contribution in [2.45, 2.75) is 47.0 Å². The van der Waals surface area contributed by atoms with Crippen LogP contribution in [-0.2, 0) is 9.59 Å². The van der Waals surface area contributed by atoms with Crippen molar-refractivity contribution in [3.8, 4) is 0 Å². The predicted octanol–water partition coefficient (Wildman–Crippen LogP) is 3.33. The fourth-order valence-corrected chi connectivity index (χ4v) is 0.692. The van der Waals surface area contributed by atoms with Gasteiger partial charge in [-0.2, -0.15) is 0 Å². The molecule has 2 N–H and O–H groups in total. The van der Waals surface area contributed by atoms with Gasteiger partial charge in [0.25, 0.3) is 0 Å². The van der Waals surface area contributed by atoms with Gasteiger partial charge in [-0.3, -0.25) is 0 Å². The highest BCUT2D eigenvalue weighted by Crippen LogP contribution is 2.10. The minimum absolute atomic E-state index is 0.750. The van der Waals surface area contributed by atoms with E-state index in [4.69, 9.17) is 20.4 Å². The first kappa shape index (κ1) is 19.1. The van der Waals surface area contributed by atoms with Gasteiger partial charge in [-0.25, -0.2) is 20.4 Å². The van der Waals surface area contributed by atoms with Gasteiger partial charge in [0.05, 0.1) is 0 Å². The Morgan fingerprint density at radius 2 is 1.40 bits per heavy atom. The molecule has 0 aliphatic rings. The SMILES string of the molecule is CCCCC(C)=C(C)C.N=C=O.N=C=O. The Kier molecular flexibility index (Phi) is 23.4. The average molecular weight is 212 g/mol. The number of hydrogen-bond donors (Lipinski definition) is 2. The monoisotopic (exact) mass is 212 g/mol. The van der Waals surface area contributed by atoms with Crippen LogP contribution >= 0.6 is 0 Å². The lowest BCUT2D eigenvalue weighted by Crippen LogP contribution is -1.79. The summed E-state index contributed by atoms with van der Waals surface area (Å²) in [6, 6.07) is 0. The Labute approximate surface area is 91.4 Å². The van der Waals surface area contributed by atoms with E-state index in [9.17, 15) is 0 Å². The summed E-state index contributed by atoms with van der Waals surface area (Å²) in [4.78, 5) is 16.7. The molecule has 0 aromatic heterocycles. The van der Waals surface area contributed by atoms with Crippen LogP contribution in [0, 0.1) is 10.8 Å². The number of hydrogen-bond acceptors (Lipinski definition) is 4. The number of unbranched alkanes of at least 4 members (excludes halogenated alkanes) is 1. The number of rotatable bonds is 3. The maximum Gasteiger partial charge on any atom is 0.231 e. The van der Waals surface area contributed by atoms with E-state index in [0.717, 1.165) is 12.2 Å². The van der Waals surface area contributed by atoms with Crippen LogP contribution in [-0.4, -0.2) is 12.2 Å². The standard InChI is InChI=1S/C9H18.2CHNO/c1-5-6-7-9(4)8(2)3;2*2-1-3/h5-7H2,1-4H3;2*2H. The normalized spacial score (nSPS) is 6.67. The Hall–Kier alpha value is -1.50. The fraction of sp³-hybridized carbons (Fsp3) is 0.636. The van der Waals surface area contributed by atoms with E-state index in [0.29, 0.717) is 0 Å². The van der Waals surface area contributed by atoms with Crippen LogP contribution in [0.1, 0.15) is 47.0 Å². The molecule has 0 unspecified atom stereocenters. The third kappa shape index (κ3) is 32.6. The van der Waals surface area contributed by atoms with Crippen LogP contribution in [0.5, 0.6) is 0 Å². The van der Waals surface area contributed by atoms with E-state index in [2.05, 4.69) is 27.7 Å². The predicted molar refractivity (Wildman–Crippen MR) is 60.4 cm³/mol. The van der Waals surface area contributed by atoms with E-state index >= 15 is 0 Å². The maximum atomic E-state index is 8.35. The lowest BCUT2D eigenvalue weighted by atomic mass is 10.1. The molecular formula is C11H20N2O2. The van der Waals surface area contributed by atoms with Gasteiger partial charge in [0, 0.05) is 0 Å². The van der Waals surface area contributed by atoms with Crippen LogP contribution < -0.4 is 0 Å². The number of nitrogens with one attached hydrogen (secondary N) is 2. The molecule has 0 rings (SSSR count). The largest absolute Gasteiger partial charge is 0.231 e. The molecular weight excluding hydrogens is 192 g/mol. The molecule has 0 aliphatic carbocycles. The van der Waals surface area contributed by atoms with E-state index < -0.39 is 0 Å². The van der Waals surface area contributed by atoms with Crippen molar-refractivity contribution in [1.29, 1.82) is 10.8 Å². The summed E-state index contributed by atoms with van der Waals surface area (Å²) in [5, 5.41) is 10.8. The smallest absolute Gasteiger partial charge is 0.222 e. The Morgan fingerprint density at radius 3 is 1.60 bits per heavy atom. The van der Waals surface area contributed by atoms with Gasteiger partial charge >= 0.3 is 0 Å². The second kappa shape index (κ2) is 18.3. The summed E-state index contributed by atoms with van der Waals surface area (Å²) in [7, 11) is 0. The number of isocyanates is 2. The van der Waals surface area contributed by atoms with Crippen LogP contribution in [0.4, 0.5) is 0 Å². The van der Waals surface area contributed by atoms with Crippen LogP contribution in [0.3, 0.4) is 0 Å². The van der Waals surface area contributed by atoms with Gasteiger partial charge < -0.3 is 0 Å². The Bertz CT molecular complexity index is 217. The second-order valence-electron chi connectivity index (χ2n) is 3.09. The molecule has 0 aromatic rings. The molecule has 0 saturated heterocycles. The molecule has 0 aliphatic heterocycles. The molecule has 4 nitrogen and oxygen atoms in total. The van der Waals surface area contributed by atoms with Crippen molar-refractivity contribution in [2.24, 2.45) is 0 Å². The van der Waals surface area contributed by atoms with Crippen molar-refractivity contribution < 1.29 is 9.59 Å². The first-order valence-corrected chi connectivity index (χ1v) is 4.72. The van der Waals surface area contributed by atoms with Gasteiger partial charge in [0.1, 0.15) is 0 Å². The van der Waals surface area contributed by atoms with E-state index in [1.165, 1.54) is 24.8 Å². The fourth-order valence-electron chi connectivity index (χ4n) is 0.692. The minimum atomic E-state index is 0.750. The van der Waals surface area contributed by atoms with Gasteiger partial charge in [-0.15, -0.1) is 0 Å². The molecule has 0 amide bonds.